The molecule has 3 heterocycles. The number of aromatic nitrogens is 4. The minimum Gasteiger partial charge on any atom is -0.449 e. The second-order valence-electron chi connectivity index (χ2n) is 8.19. The van der Waals surface area contributed by atoms with Crippen molar-refractivity contribution >= 4 is 46.1 Å². The van der Waals surface area contributed by atoms with Crippen LogP contribution in [0.1, 0.15) is 12.0 Å². The van der Waals surface area contributed by atoms with Gasteiger partial charge in [-0.2, -0.15) is 5.10 Å². The van der Waals surface area contributed by atoms with Gasteiger partial charge in [-0.25, -0.2) is 18.6 Å². The summed E-state index contributed by atoms with van der Waals surface area (Å²) in [6.07, 6.45) is 3.70. The maximum absolute atomic E-state index is 15.5. The summed E-state index contributed by atoms with van der Waals surface area (Å²) in [6, 6.07) is 3.59. The van der Waals surface area contributed by atoms with Gasteiger partial charge >= 0.3 is 6.09 Å². The van der Waals surface area contributed by atoms with Crippen molar-refractivity contribution in [2.24, 2.45) is 5.92 Å². The smallest absolute Gasteiger partial charge is 0.406 e. The van der Waals surface area contributed by atoms with Gasteiger partial charge in [-0.3, -0.25) is 9.89 Å². The van der Waals surface area contributed by atoms with Crippen molar-refractivity contribution in [2.75, 3.05) is 24.7 Å². The number of nitrogens with one attached hydrogen (secondary N) is 3. The third-order valence-corrected chi connectivity index (χ3v) is 6.89. The molecule has 0 saturated heterocycles. The van der Waals surface area contributed by atoms with Gasteiger partial charge in [0.05, 0.1) is 28.7 Å². The molecule has 12 heteroatoms. The SMILES string of the molecule is CNC(=O)OCCSc1c(F)c(C)c(-c2ccc3nc(NC(=O)[C@@H]4C[C@@H]4F)cn3c2)c2cn[nH]c12. The number of rotatable bonds is 7. The normalized spacial score (nSPS) is 17.0. The highest BCUT2D eigenvalue weighted by Crippen LogP contribution is 2.40. The fourth-order valence-corrected chi connectivity index (χ4v) is 4.90. The molecule has 0 spiro atoms. The Kier molecular flexibility index (Phi) is 6.05. The summed E-state index contributed by atoms with van der Waals surface area (Å²) < 4.78 is 35.4. The van der Waals surface area contributed by atoms with Gasteiger partial charge < -0.3 is 19.8 Å². The van der Waals surface area contributed by atoms with Crippen molar-refractivity contribution in [3.05, 3.63) is 42.1 Å². The third-order valence-electron chi connectivity index (χ3n) is 5.85. The van der Waals surface area contributed by atoms with Gasteiger partial charge in [-0.15, -0.1) is 11.8 Å². The van der Waals surface area contributed by atoms with E-state index >= 15 is 4.39 Å². The molecule has 3 N–H and O–H groups in total. The molecular weight excluding hydrogens is 478 g/mol. The second-order valence-corrected chi connectivity index (χ2v) is 9.30. The Morgan fingerprint density at radius 2 is 2.14 bits per heavy atom. The molecule has 0 aliphatic heterocycles. The van der Waals surface area contributed by atoms with Crippen LogP contribution in [0.3, 0.4) is 0 Å². The van der Waals surface area contributed by atoms with E-state index in [4.69, 9.17) is 4.74 Å². The highest BCUT2D eigenvalue weighted by atomic mass is 32.2. The molecule has 5 rings (SSSR count). The Hall–Kier alpha value is -3.67. The molecule has 35 heavy (non-hydrogen) atoms. The van der Waals surface area contributed by atoms with E-state index in [1.165, 1.54) is 18.8 Å². The third kappa shape index (κ3) is 4.41. The number of halogens is 2. The minimum atomic E-state index is -1.08. The van der Waals surface area contributed by atoms with Crippen LogP contribution < -0.4 is 10.6 Å². The van der Waals surface area contributed by atoms with E-state index in [-0.39, 0.29) is 24.8 Å². The molecule has 9 nitrogen and oxygen atoms in total. The molecule has 4 aromatic rings. The summed E-state index contributed by atoms with van der Waals surface area (Å²) in [5.41, 5.74) is 3.00. The van der Waals surface area contributed by atoms with Gasteiger partial charge in [-0.1, -0.05) is 0 Å². The highest BCUT2D eigenvalue weighted by molar-refractivity contribution is 7.99. The van der Waals surface area contributed by atoms with Crippen molar-refractivity contribution in [1.29, 1.82) is 0 Å². The van der Waals surface area contributed by atoms with Crippen LogP contribution in [0.25, 0.3) is 27.7 Å². The number of alkyl carbamates (subject to hydrolysis) is 1. The fraction of sp³-hybridized carbons (Fsp3) is 0.304. The molecule has 2 amide bonds. The maximum Gasteiger partial charge on any atom is 0.406 e. The number of fused-ring (bicyclic) bond motifs is 2. The molecule has 0 bridgehead atoms. The first kappa shape index (κ1) is 23.1. The summed E-state index contributed by atoms with van der Waals surface area (Å²) in [5.74, 6) is -0.675. The number of H-pyrrole nitrogens is 1. The molecule has 0 radical (unpaired) electrons. The van der Waals surface area contributed by atoms with E-state index in [9.17, 15) is 14.0 Å². The number of anilines is 1. The number of benzene rings is 1. The Morgan fingerprint density at radius 3 is 2.89 bits per heavy atom. The Morgan fingerprint density at radius 1 is 1.34 bits per heavy atom. The van der Waals surface area contributed by atoms with Crippen molar-refractivity contribution in [3.63, 3.8) is 0 Å². The zero-order chi connectivity index (χ0) is 24.7. The lowest BCUT2D eigenvalue weighted by Crippen LogP contribution is -2.20. The number of pyridine rings is 1. The molecule has 0 unspecified atom stereocenters. The summed E-state index contributed by atoms with van der Waals surface area (Å²) in [4.78, 5) is 28.0. The molecule has 3 aromatic heterocycles. The molecule has 1 aliphatic carbocycles. The van der Waals surface area contributed by atoms with Gasteiger partial charge in [-0.05, 0) is 36.6 Å². The van der Waals surface area contributed by atoms with E-state index in [0.29, 0.717) is 38.8 Å². The number of hydrogen-bond acceptors (Lipinski definition) is 6. The van der Waals surface area contributed by atoms with Crippen LogP contribution in [0.4, 0.5) is 19.4 Å². The lowest BCUT2D eigenvalue weighted by molar-refractivity contribution is -0.117. The van der Waals surface area contributed by atoms with E-state index in [2.05, 4.69) is 25.8 Å². The molecule has 1 aromatic carbocycles. The number of carbonyl (C=O) groups is 2. The number of hydrogen-bond donors (Lipinski definition) is 3. The van der Waals surface area contributed by atoms with Crippen LogP contribution in [-0.4, -0.2) is 57.2 Å². The Bertz CT molecular complexity index is 1450. The van der Waals surface area contributed by atoms with Gasteiger partial charge in [0.2, 0.25) is 5.91 Å². The molecule has 182 valence electrons. The number of aromatic amines is 1. The van der Waals surface area contributed by atoms with Gasteiger partial charge in [0.15, 0.2) is 5.82 Å². The van der Waals surface area contributed by atoms with Crippen molar-refractivity contribution in [1.82, 2.24) is 24.9 Å². The molecule has 1 aliphatic rings. The minimum absolute atomic E-state index is 0.128. The van der Waals surface area contributed by atoms with E-state index in [0.717, 1.165) is 10.9 Å². The fourth-order valence-electron chi connectivity index (χ4n) is 3.95. The van der Waals surface area contributed by atoms with Gasteiger partial charge in [0.1, 0.15) is 24.2 Å². The van der Waals surface area contributed by atoms with E-state index in [1.807, 2.05) is 6.07 Å². The van der Waals surface area contributed by atoms with Gasteiger partial charge in [0, 0.05) is 29.9 Å². The predicted molar refractivity (Wildman–Crippen MR) is 128 cm³/mol. The molecule has 1 saturated carbocycles. The van der Waals surface area contributed by atoms with Crippen molar-refractivity contribution in [2.45, 2.75) is 24.4 Å². The van der Waals surface area contributed by atoms with Crippen LogP contribution >= 0.6 is 11.8 Å². The standard InChI is InChI=1S/C23H22F2N6O3S/c1-11-18(14-8-27-30-20(14)21(19(11)25)35-6-5-34-23(33)26-2)12-3-4-17-28-16(10-31(17)9-12)29-22(32)13-7-15(13)24/h3-4,8-10,13,15H,5-7H2,1-2H3,(H,26,33)(H,27,30)(H,29,32)/t13-,15+/m1/s1. The number of thioether (sulfide) groups is 1. The first-order valence-electron chi connectivity index (χ1n) is 10.9. The first-order chi connectivity index (χ1) is 16.9. The quantitative estimate of drug-likeness (QED) is 0.260. The highest BCUT2D eigenvalue weighted by Gasteiger charge is 2.43. The monoisotopic (exact) mass is 500 g/mol. The van der Waals surface area contributed by atoms with E-state index < -0.39 is 18.2 Å². The van der Waals surface area contributed by atoms with Crippen molar-refractivity contribution < 1.29 is 23.1 Å². The molecule has 1 fully saturated rings. The average molecular weight is 501 g/mol. The lowest BCUT2D eigenvalue weighted by Gasteiger charge is -2.14. The zero-order valence-electron chi connectivity index (χ0n) is 18.9. The number of nitrogens with zero attached hydrogens (tertiary/aromatic N) is 3. The number of alkyl halides is 1. The predicted octanol–water partition coefficient (Wildman–Crippen LogP) is 4.07. The van der Waals surface area contributed by atoms with Crippen LogP contribution in [0.5, 0.6) is 0 Å². The lowest BCUT2D eigenvalue weighted by atomic mass is 9.97. The second kappa shape index (κ2) is 9.17. The van der Waals surface area contributed by atoms with Crippen LogP contribution in [-0.2, 0) is 9.53 Å². The van der Waals surface area contributed by atoms with E-state index in [1.54, 1.807) is 36.0 Å². The summed E-state index contributed by atoms with van der Waals surface area (Å²) in [7, 11) is 1.47. The van der Waals surface area contributed by atoms with Crippen molar-refractivity contribution in [3.8, 4) is 11.1 Å². The van der Waals surface area contributed by atoms with Crippen LogP contribution in [0.15, 0.2) is 35.6 Å². The molecule has 2 atom stereocenters. The number of ether oxygens (including phenoxy) is 1. The van der Waals surface area contributed by atoms with Crippen LogP contribution in [0.2, 0.25) is 0 Å². The zero-order valence-corrected chi connectivity index (χ0v) is 19.7. The summed E-state index contributed by atoms with van der Waals surface area (Å²) in [5, 5.41) is 12.8. The number of carbonyl (C=O) groups excluding carboxylic acids is 2. The average Bonchev–Trinajstić information content (AvgIpc) is 3.20. The Labute approximate surface area is 202 Å². The molecular formula is C23H22F2N6O3S. The number of amides is 2. The van der Waals surface area contributed by atoms with Gasteiger partial charge in [0.25, 0.3) is 0 Å². The first-order valence-corrected chi connectivity index (χ1v) is 11.9. The number of imidazole rings is 1. The summed E-state index contributed by atoms with van der Waals surface area (Å²) in [6.45, 7) is 1.83. The topological polar surface area (TPSA) is 113 Å². The summed E-state index contributed by atoms with van der Waals surface area (Å²) >= 11 is 1.24. The Balaban J connectivity index is 1.44. The largest absolute Gasteiger partial charge is 0.449 e. The van der Waals surface area contributed by atoms with Crippen LogP contribution in [0, 0.1) is 18.7 Å². The maximum atomic E-state index is 15.5.